The van der Waals surface area contributed by atoms with Gasteiger partial charge in [0, 0.05) is 43.4 Å². The fourth-order valence-corrected chi connectivity index (χ4v) is 3.26. The van der Waals surface area contributed by atoms with Gasteiger partial charge in [0.2, 0.25) is 0 Å². The molecule has 2 aromatic rings. The van der Waals surface area contributed by atoms with Crippen LogP contribution in [0.1, 0.15) is 41.0 Å². The topological polar surface area (TPSA) is 69.3 Å². The van der Waals surface area contributed by atoms with E-state index in [2.05, 4.69) is 10.2 Å². The Labute approximate surface area is 157 Å². The molecule has 0 bridgehead atoms. The number of nitrogens with zero attached hydrogens (tertiary/aromatic N) is 3. The first-order chi connectivity index (χ1) is 12.6. The van der Waals surface area contributed by atoms with Crippen LogP contribution in [0.4, 0.5) is 4.39 Å². The van der Waals surface area contributed by atoms with Crippen LogP contribution in [0.15, 0.2) is 30.6 Å². The van der Waals surface area contributed by atoms with Crippen LogP contribution in [-0.2, 0) is 10.2 Å². The van der Waals surface area contributed by atoms with Crippen molar-refractivity contribution in [3.63, 3.8) is 0 Å². The lowest BCUT2D eigenvalue weighted by molar-refractivity contribution is -0.122. The van der Waals surface area contributed by atoms with E-state index in [4.69, 9.17) is 0 Å². The van der Waals surface area contributed by atoms with E-state index in [1.165, 1.54) is 28.0 Å². The molecule has 2 amide bonds. The van der Waals surface area contributed by atoms with Crippen LogP contribution in [0.5, 0.6) is 0 Å². The molecule has 1 aromatic heterocycles. The van der Waals surface area contributed by atoms with Gasteiger partial charge in [-0.15, -0.1) is 0 Å². The molecule has 1 N–H and O–H groups in total. The van der Waals surface area contributed by atoms with E-state index < -0.39 is 5.41 Å². The minimum atomic E-state index is -0.433. The molecule has 1 aromatic carbocycles. The van der Waals surface area contributed by atoms with E-state index in [1.807, 2.05) is 13.8 Å². The molecule has 0 atom stereocenters. The fourth-order valence-electron chi connectivity index (χ4n) is 3.26. The van der Waals surface area contributed by atoms with Gasteiger partial charge < -0.3 is 9.80 Å². The average molecular weight is 370 g/mol. The zero-order valence-electron chi connectivity index (χ0n) is 16.1. The maximum absolute atomic E-state index is 13.6. The summed E-state index contributed by atoms with van der Waals surface area (Å²) in [5.41, 5.74) is 2.20. The summed E-state index contributed by atoms with van der Waals surface area (Å²) < 4.78 is 13.6. The summed E-state index contributed by atoms with van der Waals surface area (Å²) >= 11 is 0. The van der Waals surface area contributed by atoms with Crippen molar-refractivity contribution < 1.29 is 14.0 Å². The zero-order valence-corrected chi connectivity index (χ0v) is 16.1. The van der Waals surface area contributed by atoms with E-state index in [9.17, 15) is 14.0 Å². The van der Waals surface area contributed by atoms with E-state index in [0.29, 0.717) is 28.9 Å². The lowest BCUT2D eigenvalue weighted by Crippen LogP contribution is -2.37. The third kappa shape index (κ3) is 3.37. The predicted octanol–water partition coefficient (Wildman–Crippen LogP) is 2.72. The van der Waals surface area contributed by atoms with Gasteiger partial charge in [-0.05, 0) is 30.7 Å². The third-order valence-electron chi connectivity index (χ3n) is 4.79. The van der Waals surface area contributed by atoms with E-state index >= 15 is 0 Å². The molecule has 0 aliphatic carbocycles. The van der Waals surface area contributed by atoms with Crippen molar-refractivity contribution in [2.45, 2.75) is 26.2 Å². The Morgan fingerprint density at radius 1 is 1.30 bits per heavy atom. The third-order valence-corrected chi connectivity index (χ3v) is 4.79. The fraction of sp³-hybridized carbons (Fsp3) is 0.350. The van der Waals surface area contributed by atoms with Gasteiger partial charge in [0.25, 0.3) is 11.8 Å². The monoisotopic (exact) mass is 370 g/mol. The molecule has 6 nitrogen and oxygen atoms in total. The van der Waals surface area contributed by atoms with E-state index in [-0.39, 0.29) is 17.6 Å². The number of aromatic amines is 1. The highest BCUT2D eigenvalue weighted by Gasteiger charge is 2.36. The molecule has 1 aliphatic rings. The van der Waals surface area contributed by atoms with Crippen molar-refractivity contribution in [1.29, 1.82) is 0 Å². The van der Waals surface area contributed by atoms with Gasteiger partial charge >= 0.3 is 0 Å². The summed E-state index contributed by atoms with van der Waals surface area (Å²) in [5, 5.41) is 7.00. The molecule has 0 fully saturated rings. The lowest BCUT2D eigenvalue weighted by atomic mass is 9.84. The molecule has 27 heavy (non-hydrogen) atoms. The highest BCUT2D eigenvalue weighted by Crippen LogP contribution is 2.34. The average Bonchev–Trinajstić information content (AvgIpc) is 3.06. The number of carbonyl (C=O) groups is 2. The summed E-state index contributed by atoms with van der Waals surface area (Å²) in [7, 11) is 3.31. The Kier molecular flexibility index (Phi) is 4.63. The van der Waals surface area contributed by atoms with E-state index in [1.54, 1.807) is 33.4 Å². The first-order valence-corrected chi connectivity index (χ1v) is 8.66. The minimum Gasteiger partial charge on any atom is -0.345 e. The zero-order chi connectivity index (χ0) is 19.9. The standard InChI is InChI=1S/C20H23FN4O2/c1-12-8-13(6-7-16(12)21)18(26)25-10-14(19(27)24(4)5)17-15(9-22-23-17)20(2,3)11-25/h6-10H,11H2,1-5H3,(H,22,23). The molecule has 0 radical (unpaired) electrons. The Hall–Kier alpha value is -2.96. The number of nitrogens with one attached hydrogen (secondary N) is 1. The smallest absolute Gasteiger partial charge is 0.257 e. The van der Waals surface area contributed by atoms with Crippen LogP contribution >= 0.6 is 0 Å². The molecule has 0 spiro atoms. The number of likely N-dealkylation sites (N-methyl/N-ethyl adjacent to an activating group) is 1. The molecular formula is C20H23FN4O2. The number of benzene rings is 1. The van der Waals surface area contributed by atoms with Gasteiger partial charge in [0.1, 0.15) is 5.82 Å². The number of rotatable bonds is 2. The summed E-state index contributed by atoms with van der Waals surface area (Å²) in [6, 6.07) is 4.27. The van der Waals surface area contributed by atoms with Crippen LogP contribution in [0.3, 0.4) is 0 Å². The van der Waals surface area contributed by atoms with Crippen LogP contribution in [0, 0.1) is 12.7 Å². The van der Waals surface area contributed by atoms with Crippen molar-refractivity contribution in [2.75, 3.05) is 20.6 Å². The molecule has 0 saturated heterocycles. The summed E-state index contributed by atoms with van der Waals surface area (Å²) in [5.74, 6) is -0.873. The minimum absolute atomic E-state index is 0.230. The molecule has 3 rings (SSSR count). The number of hydrogen-bond donors (Lipinski definition) is 1. The number of H-pyrrole nitrogens is 1. The number of fused-ring (bicyclic) bond motifs is 1. The van der Waals surface area contributed by atoms with Crippen molar-refractivity contribution in [1.82, 2.24) is 20.0 Å². The first kappa shape index (κ1) is 18.8. The van der Waals surface area contributed by atoms with Gasteiger partial charge in [-0.3, -0.25) is 14.7 Å². The number of aryl methyl sites for hydroxylation is 1. The van der Waals surface area contributed by atoms with Crippen LogP contribution < -0.4 is 0 Å². The maximum Gasteiger partial charge on any atom is 0.257 e. The summed E-state index contributed by atoms with van der Waals surface area (Å²) in [4.78, 5) is 28.9. The second kappa shape index (κ2) is 6.64. The van der Waals surface area contributed by atoms with Gasteiger partial charge in [-0.1, -0.05) is 13.8 Å². The number of carbonyl (C=O) groups excluding carboxylic acids is 2. The SMILES string of the molecule is Cc1cc(C(=O)N2C=C(C(=O)N(C)C)c3[nH]ncc3C(C)(C)C2)ccc1F. The first-order valence-electron chi connectivity index (χ1n) is 8.66. The van der Waals surface area contributed by atoms with Crippen LogP contribution in [0.2, 0.25) is 0 Å². The molecule has 0 unspecified atom stereocenters. The van der Waals surface area contributed by atoms with Crippen LogP contribution in [0.25, 0.3) is 5.57 Å². The number of halogens is 1. The van der Waals surface area contributed by atoms with Gasteiger partial charge in [-0.25, -0.2) is 4.39 Å². The highest BCUT2D eigenvalue weighted by molar-refractivity contribution is 6.19. The van der Waals surface area contributed by atoms with Crippen molar-refractivity contribution in [3.8, 4) is 0 Å². The van der Waals surface area contributed by atoms with Crippen LogP contribution in [-0.4, -0.2) is 52.5 Å². The van der Waals surface area contributed by atoms with Gasteiger partial charge in [0.05, 0.1) is 17.5 Å². The summed E-state index contributed by atoms with van der Waals surface area (Å²) in [6.45, 7) is 5.97. The molecule has 1 aliphatic heterocycles. The van der Waals surface area contributed by atoms with E-state index in [0.717, 1.165) is 5.56 Å². The number of aromatic nitrogens is 2. The largest absolute Gasteiger partial charge is 0.345 e. The Morgan fingerprint density at radius 3 is 2.63 bits per heavy atom. The Morgan fingerprint density at radius 2 is 2.00 bits per heavy atom. The number of amides is 2. The van der Waals surface area contributed by atoms with Crippen molar-refractivity contribution in [3.05, 3.63) is 58.8 Å². The second-order valence-electron chi connectivity index (χ2n) is 7.68. The van der Waals surface area contributed by atoms with Crippen molar-refractivity contribution >= 4 is 17.4 Å². The Balaban J connectivity index is 2.11. The molecule has 142 valence electrons. The molecule has 7 heteroatoms. The normalized spacial score (nSPS) is 15.6. The molecular weight excluding hydrogens is 347 g/mol. The highest BCUT2D eigenvalue weighted by atomic mass is 19.1. The summed E-state index contributed by atoms with van der Waals surface area (Å²) in [6.07, 6.45) is 3.26. The Bertz CT molecular complexity index is 943. The lowest BCUT2D eigenvalue weighted by Gasteiger charge is -2.28. The molecule has 2 heterocycles. The maximum atomic E-state index is 13.6. The molecule has 0 saturated carbocycles. The number of hydrogen-bond acceptors (Lipinski definition) is 3. The quantitative estimate of drug-likeness (QED) is 0.884. The second-order valence-corrected chi connectivity index (χ2v) is 7.68. The predicted molar refractivity (Wildman–Crippen MR) is 100 cm³/mol. The van der Waals surface area contributed by atoms with Gasteiger partial charge in [-0.2, -0.15) is 5.10 Å². The van der Waals surface area contributed by atoms with Crippen molar-refractivity contribution in [2.24, 2.45) is 0 Å². The van der Waals surface area contributed by atoms with Gasteiger partial charge in [0.15, 0.2) is 0 Å².